The predicted octanol–water partition coefficient (Wildman–Crippen LogP) is 3.72. The molecular weight excluding hydrogens is 391 g/mol. The van der Waals surface area contributed by atoms with Crippen LogP contribution in [0.5, 0.6) is 0 Å². The van der Waals surface area contributed by atoms with Crippen molar-refractivity contribution in [2.24, 2.45) is 5.92 Å². The second-order valence-corrected chi connectivity index (χ2v) is 6.72. The fourth-order valence-corrected chi connectivity index (χ4v) is 3.16. The maximum Gasteiger partial charge on any atom is 0.329 e. The third kappa shape index (κ3) is 3.86. The lowest BCUT2D eigenvalue weighted by Crippen LogP contribution is -2.34. The minimum atomic E-state index is -1.49. The molecule has 0 saturated heterocycles. The second-order valence-electron chi connectivity index (χ2n) is 5.93. The molecule has 2 heterocycles. The van der Waals surface area contributed by atoms with Crippen LogP contribution in [0, 0.1) is 12.8 Å². The van der Waals surface area contributed by atoms with E-state index in [2.05, 4.69) is 5.10 Å². The first-order valence-corrected chi connectivity index (χ1v) is 8.70. The van der Waals surface area contributed by atoms with Crippen molar-refractivity contribution in [1.82, 2.24) is 9.78 Å². The molecule has 1 aliphatic heterocycles. The van der Waals surface area contributed by atoms with Gasteiger partial charge >= 0.3 is 5.97 Å². The summed E-state index contributed by atoms with van der Waals surface area (Å²) in [5.41, 5.74) is 1.72. The zero-order chi connectivity index (χ0) is 19.7. The Kier molecular flexibility index (Phi) is 5.30. The van der Waals surface area contributed by atoms with Crippen LogP contribution in [0.4, 0.5) is 0 Å². The van der Waals surface area contributed by atoms with E-state index in [0.29, 0.717) is 22.0 Å². The predicted molar refractivity (Wildman–Crippen MR) is 101 cm³/mol. The third-order valence-electron chi connectivity index (χ3n) is 3.93. The van der Waals surface area contributed by atoms with E-state index in [4.69, 9.17) is 27.9 Å². The van der Waals surface area contributed by atoms with E-state index in [1.54, 1.807) is 31.2 Å². The Morgan fingerprint density at radius 3 is 2.67 bits per heavy atom. The van der Waals surface area contributed by atoms with Crippen molar-refractivity contribution in [1.29, 1.82) is 0 Å². The smallest absolute Gasteiger partial charge is 0.329 e. The zero-order valence-corrected chi connectivity index (χ0v) is 15.9. The van der Waals surface area contributed by atoms with E-state index in [-0.39, 0.29) is 10.9 Å². The molecule has 27 heavy (non-hydrogen) atoms. The number of carbonyl (C=O) groups is 3. The molecule has 1 aliphatic rings. The number of rotatable bonds is 4. The van der Waals surface area contributed by atoms with E-state index in [9.17, 15) is 14.4 Å². The Hall–Kier alpha value is -2.70. The topological polar surface area (TPSA) is 78.3 Å². The quantitative estimate of drug-likeness (QED) is 0.440. The molecule has 0 fully saturated rings. The standard InChI is InChI=1S/C19H14Cl2N2O4/c1-10-8-16(25)17(19(26)27-10)15(24)7-6-14-11(2)22-23(18(14)21)13-5-3-4-12(20)9-13/h3-9,17H,1-2H3. The number of allylic oxidation sites excluding steroid dienone is 3. The number of carbonyl (C=O) groups excluding carboxylic acids is 3. The van der Waals surface area contributed by atoms with Crippen LogP contribution in [0.1, 0.15) is 18.2 Å². The molecule has 0 aliphatic carbocycles. The zero-order valence-electron chi connectivity index (χ0n) is 14.4. The van der Waals surface area contributed by atoms with Gasteiger partial charge < -0.3 is 4.74 Å². The van der Waals surface area contributed by atoms with Gasteiger partial charge in [-0.05, 0) is 44.2 Å². The van der Waals surface area contributed by atoms with E-state index in [0.717, 1.165) is 12.2 Å². The SMILES string of the molecule is CC1=CC(=O)C(C(=O)C=Cc2c(C)nn(-c3cccc(Cl)c3)c2Cl)C(=O)O1. The summed E-state index contributed by atoms with van der Waals surface area (Å²) in [5.74, 6) is -3.49. The number of cyclic esters (lactones) is 1. The minimum absolute atomic E-state index is 0.166. The summed E-state index contributed by atoms with van der Waals surface area (Å²) >= 11 is 12.4. The number of benzene rings is 1. The first-order valence-electron chi connectivity index (χ1n) is 7.94. The van der Waals surface area contributed by atoms with Gasteiger partial charge in [0.15, 0.2) is 17.5 Å². The Labute approximate surface area is 165 Å². The summed E-state index contributed by atoms with van der Waals surface area (Å²) in [7, 11) is 0. The largest absolute Gasteiger partial charge is 0.430 e. The first kappa shape index (κ1) is 19.1. The molecule has 0 spiro atoms. The summed E-state index contributed by atoms with van der Waals surface area (Å²) in [6, 6.07) is 6.98. The fourth-order valence-electron chi connectivity index (χ4n) is 2.64. The van der Waals surface area contributed by atoms with E-state index < -0.39 is 23.5 Å². The Morgan fingerprint density at radius 1 is 1.26 bits per heavy atom. The van der Waals surface area contributed by atoms with Crippen LogP contribution >= 0.6 is 23.2 Å². The number of hydrogen-bond acceptors (Lipinski definition) is 5. The maximum absolute atomic E-state index is 12.3. The van der Waals surface area contributed by atoms with Crippen molar-refractivity contribution in [2.75, 3.05) is 0 Å². The van der Waals surface area contributed by atoms with Crippen LogP contribution in [0.2, 0.25) is 10.2 Å². The van der Waals surface area contributed by atoms with Crippen molar-refractivity contribution < 1.29 is 19.1 Å². The molecule has 1 aromatic heterocycles. The average Bonchev–Trinajstić information content (AvgIpc) is 2.86. The van der Waals surface area contributed by atoms with Gasteiger partial charge in [0, 0.05) is 16.7 Å². The fraction of sp³-hybridized carbons (Fsp3) is 0.158. The summed E-state index contributed by atoms with van der Waals surface area (Å²) < 4.78 is 6.34. The number of hydrogen-bond donors (Lipinski definition) is 0. The number of ketones is 2. The normalized spacial score (nSPS) is 17.2. The van der Waals surface area contributed by atoms with Crippen LogP contribution in [0.15, 0.2) is 42.2 Å². The summed E-state index contributed by atoms with van der Waals surface area (Å²) in [6.07, 6.45) is 3.70. The van der Waals surface area contributed by atoms with Crippen LogP contribution in [-0.4, -0.2) is 27.3 Å². The van der Waals surface area contributed by atoms with Gasteiger partial charge in [-0.1, -0.05) is 29.3 Å². The summed E-state index contributed by atoms with van der Waals surface area (Å²) in [4.78, 5) is 36.1. The lowest BCUT2D eigenvalue weighted by atomic mass is 9.96. The van der Waals surface area contributed by atoms with Crippen molar-refractivity contribution >= 4 is 46.8 Å². The number of aryl methyl sites for hydroxylation is 1. The Balaban J connectivity index is 1.89. The maximum atomic E-state index is 12.3. The van der Waals surface area contributed by atoms with Gasteiger partial charge in [-0.2, -0.15) is 5.10 Å². The highest BCUT2D eigenvalue weighted by Gasteiger charge is 2.36. The van der Waals surface area contributed by atoms with Gasteiger partial charge in [-0.3, -0.25) is 14.4 Å². The number of esters is 1. The van der Waals surface area contributed by atoms with Crippen molar-refractivity contribution in [3.63, 3.8) is 0 Å². The van der Waals surface area contributed by atoms with Gasteiger partial charge in [0.25, 0.3) is 0 Å². The summed E-state index contributed by atoms with van der Waals surface area (Å²) in [5, 5.41) is 5.15. The highest BCUT2D eigenvalue weighted by Crippen LogP contribution is 2.26. The van der Waals surface area contributed by atoms with E-state index >= 15 is 0 Å². The molecular formula is C19H14Cl2N2O4. The number of aromatic nitrogens is 2. The highest BCUT2D eigenvalue weighted by atomic mass is 35.5. The van der Waals surface area contributed by atoms with E-state index in [1.165, 1.54) is 17.7 Å². The molecule has 0 N–H and O–H groups in total. The second kappa shape index (κ2) is 7.50. The van der Waals surface area contributed by atoms with Crippen LogP contribution in [-0.2, 0) is 19.1 Å². The van der Waals surface area contributed by atoms with Crippen LogP contribution in [0.25, 0.3) is 11.8 Å². The lowest BCUT2D eigenvalue weighted by Gasteiger charge is -2.15. The van der Waals surface area contributed by atoms with Crippen LogP contribution < -0.4 is 0 Å². The molecule has 0 saturated carbocycles. The average molecular weight is 405 g/mol. The van der Waals surface area contributed by atoms with Gasteiger partial charge in [-0.25, -0.2) is 4.68 Å². The monoisotopic (exact) mass is 404 g/mol. The summed E-state index contributed by atoms with van der Waals surface area (Å²) in [6.45, 7) is 3.20. The molecule has 0 amide bonds. The lowest BCUT2D eigenvalue weighted by molar-refractivity contribution is -0.151. The molecule has 0 bridgehead atoms. The van der Waals surface area contributed by atoms with Gasteiger partial charge in [-0.15, -0.1) is 0 Å². The van der Waals surface area contributed by atoms with Crippen molar-refractivity contribution in [3.8, 4) is 5.69 Å². The molecule has 1 unspecified atom stereocenters. The Bertz CT molecular complexity index is 1020. The molecule has 6 nitrogen and oxygen atoms in total. The van der Waals surface area contributed by atoms with Gasteiger partial charge in [0.2, 0.25) is 0 Å². The highest BCUT2D eigenvalue weighted by molar-refractivity contribution is 6.32. The molecule has 1 atom stereocenters. The molecule has 0 radical (unpaired) electrons. The molecule has 8 heteroatoms. The number of ether oxygens (including phenoxy) is 1. The van der Waals surface area contributed by atoms with Crippen LogP contribution in [0.3, 0.4) is 0 Å². The minimum Gasteiger partial charge on any atom is -0.430 e. The molecule has 3 rings (SSSR count). The number of nitrogens with zero attached hydrogens (tertiary/aromatic N) is 2. The number of halogens is 2. The van der Waals surface area contributed by atoms with Gasteiger partial charge in [0.05, 0.1) is 11.4 Å². The Morgan fingerprint density at radius 2 is 2.00 bits per heavy atom. The molecule has 138 valence electrons. The van der Waals surface area contributed by atoms with Crippen molar-refractivity contribution in [2.45, 2.75) is 13.8 Å². The van der Waals surface area contributed by atoms with Crippen molar-refractivity contribution in [3.05, 3.63) is 63.6 Å². The van der Waals surface area contributed by atoms with E-state index in [1.807, 2.05) is 0 Å². The molecule has 1 aromatic carbocycles. The molecule has 2 aromatic rings. The first-order chi connectivity index (χ1) is 12.8. The third-order valence-corrected chi connectivity index (χ3v) is 4.53. The van der Waals surface area contributed by atoms with Gasteiger partial charge in [0.1, 0.15) is 10.9 Å².